The van der Waals surface area contributed by atoms with Crippen molar-refractivity contribution >= 4 is 38.2 Å². The van der Waals surface area contributed by atoms with Crippen LogP contribution >= 0.6 is 11.6 Å². The first-order chi connectivity index (χ1) is 15.8. The van der Waals surface area contributed by atoms with Gasteiger partial charge in [0, 0.05) is 29.1 Å². The number of rotatable bonds is 7. The number of amides is 1. The van der Waals surface area contributed by atoms with Gasteiger partial charge in [0.05, 0.1) is 35.2 Å². The van der Waals surface area contributed by atoms with Crippen LogP contribution in [0.5, 0.6) is 0 Å². The van der Waals surface area contributed by atoms with Gasteiger partial charge in [-0.1, -0.05) is 31.0 Å². The summed E-state index contributed by atoms with van der Waals surface area (Å²) in [5.41, 5.74) is 2.62. The first-order valence-corrected chi connectivity index (χ1v) is 12.6. The van der Waals surface area contributed by atoms with Crippen molar-refractivity contribution in [2.24, 2.45) is 0 Å². The molecule has 0 aliphatic rings. The number of nitrogens with one attached hydrogen (secondary N) is 1. The number of pyridine rings is 2. The summed E-state index contributed by atoms with van der Waals surface area (Å²) in [6.07, 6.45) is 8.89. The molecule has 1 N–H and O–H groups in total. The maximum absolute atomic E-state index is 13.2. The lowest BCUT2D eigenvalue weighted by Gasteiger charge is -2.19. The minimum atomic E-state index is -3.39. The highest BCUT2D eigenvalue weighted by atomic mass is 35.5. The molecular weight excluding hydrogens is 462 g/mol. The standard InChI is InChI=1S/C23H22ClN5O3S/c1-3-4-20(15-5-10-22(26-11-15)33(2,31)32)28-23(30)19-12-25-14-21-18(19)13-27-29(21)17-8-6-16(24)7-9-17/h5-14,20H,3-4H2,1-2H3,(H,28,30). The molecule has 0 spiro atoms. The zero-order valence-electron chi connectivity index (χ0n) is 18.1. The molecule has 0 saturated heterocycles. The third kappa shape index (κ3) is 4.89. The summed E-state index contributed by atoms with van der Waals surface area (Å²) in [4.78, 5) is 21.5. The number of nitrogens with zero attached hydrogens (tertiary/aromatic N) is 4. The van der Waals surface area contributed by atoms with E-state index in [9.17, 15) is 13.2 Å². The fourth-order valence-electron chi connectivity index (χ4n) is 3.57. The summed E-state index contributed by atoms with van der Waals surface area (Å²) in [6.45, 7) is 2.01. The number of sulfone groups is 1. The second-order valence-electron chi connectivity index (χ2n) is 7.67. The van der Waals surface area contributed by atoms with Gasteiger partial charge in [-0.15, -0.1) is 0 Å². The van der Waals surface area contributed by atoms with E-state index in [1.54, 1.807) is 35.3 Å². The van der Waals surface area contributed by atoms with Crippen LogP contribution in [0, 0.1) is 0 Å². The Morgan fingerprint density at radius 1 is 1.09 bits per heavy atom. The topological polar surface area (TPSA) is 107 Å². The van der Waals surface area contributed by atoms with Crippen LogP contribution in [0.4, 0.5) is 0 Å². The van der Waals surface area contributed by atoms with E-state index in [1.165, 1.54) is 18.5 Å². The third-order valence-corrected chi connectivity index (χ3v) is 6.49. The maximum Gasteiger partial charge on any atom is 0.254 e. The number of carbonyl (C=O) groups is 1. The summed E-state index contributed by atoms with van der Waals surface area (Å²) in [6, 6.07) is 10.0. The molecule has 4 rings (SSSR count). The molecule has 1 amide bonds. The Labute approximate surface area is 196 Å². The first-order valence-electron chi connectivity index (χ1n) is 10.3. The van der Waals surface area contributed by atoms with Crippen LogP contribution in [0.25, 0.3) is 16.6 Å². The number of aromatic nitrogens is 4. The average Bonchev–Trinajstić information content (AvgIpc) is 3.23. The fraction of sp³-hybridized carbons (Fsp3) is 0.217. The predicted octanol–water partition coefficient (Wildman–Crippen LogP) is 4.14. The Hall–Kier alpha value is -3.30. The van der Waals surface area contributed by atoms with Crippen LogP contribution in [-0.2, 0) is 9.84 Å². The average molecular weight is 484 g/mol. The van der Waals surface area contributed by atoms with E-state index in [4.69, 9.17) is 11.6 Å². The van der Waals surface area contributed by atoms with E-state index in [1.807, 2.05) is 19.1 Å². The van der Waals surface area contributed by atoms with Gasteiger partial charge in [-0.2, -0.15) is 5.10 Å². The van der Waals surface area contributed by atoms with E-state index in [0.29, 0.717) is 27.9 Å². The van der Waals surface area contributed by atoms with Gasteiger partial charge in [-0.25, -0.2) is 18.1 Å². The summed E-state index contributed by atoms with van der Waals surface area (Å²) in [5.74, 6) is -0.297. The van der Waals surface area contributed by atoms with Crippen molar-refractivity contribution < 1.29 is 13.2 Å². The molecule has 3 heterocycles. The largest absolute Gasteiger partial charge is 0.345 e. The minimum absolute atomic E-state index is 0.00333. The Bertz CT molecular complexity index is 1400. The molecule has 3 aromatic heterocycles. The van der Waals surface area contributed by atoms with E-state index in [0.717, 1.165) is 23.9 Å². The lowest BCUT2D eigenvalue weighted by molar-refractivity contribution is 0.0935. The zero-order chi connectivity index (χ0) is 23.6. The van der Waals surface area contributed by atoms with Gasteiger partial charge in [0.1, 0.15) is 0 Å². The highest BCUT2D eigenvalue weighted by Gasteiger charge is 2.20. The molecule has 33 heavy (non-hydrogen) atoms. The smallest absolute Gasteiger partial charge is 0.254 e. The summed E-state index contributed by atoms with van der Waals surface area (Å²) in [7, 11) is -3.39. The molecule has 8 nitrogen and oxygen atoms in total. The van der Waals surface area contributed by atoms with Crippen LogP contribution in [-0.4, -0.2) is 40.3 Å². The van der Waals surface area contributed by atoms with Gasteiger partial charge >= 0.3 is 0 Å². The summed E-state index contributed by atoms with van der Waals surface area (Å²) >= 11 is 5.98. The van der Waals surface area contributed by atoms with E-state index < -0.39 is 9.84 Å². The van der Waals surface area contributed by atoms with Crippen molar-refractivity contribution in [1.82, 2.24) is 25.1 Å². The van der Waals surface area contributed by atoms with E-state index >= 15 is 0 Å². The molecule has 0 aliphatic heterocycles. The van der Waals surface area contributed by atoms with Gasteiger partial charge < -0.3 is 5.32 Å². The van der Waals surface area contributed by atoms with E-state index in [2.05, 4.69) is 20.4 Å². The number of halogens is 1. The van der Waals surface area contributed by atoms with Crippen LogP contribution in [0.2, 0.25) is 5.02 Å². The molecule has 10 heteroatoms. The van der Waals surface area contributed by atoms with Gasteiger partial charge in [0.25, 0.3) is 5.91 Å². The second-order valence-corrected chi connectivity index (χ2v) is 10.1. The lowest BCUT2D eigenvalue weighted by Crippen LogP contribution is -2.29. The monoisotopic (exact) mass is 483 g/mol. The predicted molar refractivity (Wildman–Crippen MR) is 126 cm³/mol. The number of benzene rings is 1. The number of hydrogen-bond donors (Lipinski definition) is 1. The fourth-order valence-corrected chi connectivity index (χ4v) is 4.26. The molecule has 0 fully saturated rings. The van der Waals surface area contributed by atoms with Crippen LogP contribution in [0.3, 0.4) is 0 Å². The minimum Gasteiger partial charge on any atom is -0.345 e. The lowest BCUT2D eigenvalue weighted by atomic mass is 10.0. The summed E-state index contributed by atoms with van der Waals surface area (Å²) < 4.78 is 25.1. The number of fused-ring (bicyclic) bond motifs is 1. The highest BCUT2D eigenvalue weighted by Crippen LogP contribution is 2.24. The molecule has 0 saturated carbocycles. The molecule has 1 aromatic carbocycles. The molecule has 1 unspecified atom stereocenters. The van der Waals surface area contributed by atoms with Crippen molar-refractivity contribution in [3.8, 4) is 5.69 Å². The maximum atomic E-state index is 13.2. The Balaban J connectivity index is 1.64. The van der Waals surface area contributed by atoms with Crippen molar-refractivity contribution in [2.45, 2.75) is 30.8 Å². The van der Waals surface area contributed by atoms with Crippen molar-refractivity contribution in [3.05, 3.63) is 77.3 Å². The molecule has 0 aliphatic carbocycles. The van der Waals surface area contributed by atoms with E-state index in [-0.39, 0.29) is 17.0 Å². The molecule has 4 aromatic rings. The zero-order valence-corrected chi connectivity index (χ0v) is 19.6. The normalized spacial score (nSPS) is 12.6. The number of hydrogen-bond acceptors (Lipinski definition) is 6. The van der Waals surface area contributed by atoms with Crippen molar-refractivity contribution in [2.75, 3.05) is 6.26 Å². The van der Waals surface area contributed by atoms with Gasteiger partial charge in [-0.05, 0) is 42.3 Å². The second kappa shape index (κ2) is 9.29. The van der Waals surface area contributed by atoms with Crippen LogP contribution < -0.4 is 5.32 Å². The van der Waals surface area contributed by atoms with Gasteiger partial charge in [0.15, 0.2) is 14.9 Å². The SMILES string of the molecule is CCCC(NC(=O)c1cncc2c1cnn2-c1ccc(Cl)cc1)c1ccc(S(C)(=O)=O)nc1. The Morgan fingerprint density at radius 2 is 1.85 bits per heavy atom. The third-order valence-electron chi connectivity index (χ3n) is 5.24. The van der Waals surface area contributed by atoms with Crippen molar-refractivity contribution in [1.29, 1.82) is 0 Å². The molecular formula is C23H22ClN5O3S. The van der Waals surface area contributed by atoms with Gasteiger partial charge in [0.2, 0.25) is 0 Å². The van der Waals surface area contributed by atoms with Crippen molar-refractivity contribution in [3.63, 3.8) is 0 Å². The molecule has 0 bridgehead atoms. The quantitative estimate of drug-likeness (QED) is 0.423. The molecule has 0 radical (unpaired) electrons. The van der Waals surface area contributed by atoms with Crippen LogP contribution in [0.15, 0.2) is 66.2 Å². The molecule has 1 atom stereocenters. The summed E-state index contributed by atoms with van der Waals surface area (Å²) in [5, 5.41) is 8.75. The highest BCUT2D eigenvalue weighted by molar-refractivity contribution is 7.90. The molecule has 170 valence electrons. The number of carbonyl (C=O) groups excluding carboxylic acids is 1. The van der Waals surface area contributed by atoms with Crippen LogP contribution in [0.1, 0.15) is 41.7 Å². The Morgan fingerprint density at radius 3 is 2.48 bits per heavy atom. The first kappa shape index (κ1) is 22.9. The van der Waals surface area contributed by atoms with Gasteiger partial charge in [-0.3, -0.25) is 9.78 Å². The Kier molecular flexibility index (Phi) is 6.44.